The molecule has 0 aliphatic rings. The van der Waals surface area contributed by atoms with E-state index in [9.17, 15) is 13.2 Å². The predicted octanol–water partition coefficient (Wildman–Crippen LogP) is 4.40. The fourth-order valence-electron chi connectivity index (χ4n) is 1.53. The minimum Gasteiger partial charge on any atom is -0.171 e. The summed E-state index contributed by atoms with van der Waals surface area (Å²) in [4.78, 5) is 0. The van der Waals surface area contributed by atoms with Crippen LogP contribution in [0.5, 0.6) is 0 Å². The van der Waals surface area contributed by atoms with Crippen molar-refractivity contribution < 1.29 is 13.2 Å². The average molecular weight is 196 g/mol. The Balaban J connectivity index is 3.93. The van der Waals surface area contributed by atoms with E-state index in [2.05, 4.69) is 0 Å². The first-order valence-electron chi connectivity index (χ1n) is 4.98. The Labute approximate surface area is 78.5 Å². The first kappa shape index (κ1) is 12.8. The van der Waals surface area contributed by atoms with Gasteiger partial charge in [0.05, 0.1) is 5.92 Å². The zero-order valence-electron chi connectivity index (χ0n) is 8.62. The van der Waals surface area contributed by atoms with Gasteiger partial charge in [0.25, 0.3) is 0 Å². The standard InChI is InChI=1S/C10H19F3/c1-4-6-9(5-2)7-8(3)10(11,12)13/h8-9H,4-7H2,1-3H3/t8-,9?/m1/s1. The van der Waals surface area contributed by atoms with Crippen molar-refractivity contribution in [3.05, 3.63) is 0 Å². The van der Waals surface area contributed by atoms with Gasteiger partial charge in [-0.1, -0.05) is 40.0 Å². The van der Waals surface area contributed by atoms with Crippen LogP contribution in [0.1, 0.15) is 46.5 Å². The maximum Gasteiger partial charge on any atom is 0.391 e. The van der Waals surface area contributed by atoms with Gasteiger partial charge in [0, 0.05) is 0 Å². The van der Waals surface area contributed by atoms with E-state index in [0.29, 0.717) is 0 Å². The molecule has 0 N–H and O–H groups in total. The van der Waals surface area contributed by atoms with Crippen molar-refractivity contribution in [2.75, 3.05) is 0 Å². The number of rotatable bonds is 5. The molecule has 0 bridgehead atoms. The Bertz CT molecular complexity index is 129. The summed E-state index contributed by atoms with van der Waals surface area (Å²) in [6.07, 6.45) is -0.983. The third-order valence-electron chi connectivity index (χ3n) is 2.52. The summed E-state index contributed by atoms with van der Waals surface area (Å²) in [7, 11) is 0. The summed E-state index contributed by atoms with van der Waals surface area (Å²) < 4.78 is 36.6. The second kappa shape index (κ2) is 5.51. The average Bonchev–Trinajstić information content (AvgIpc) is 2.01. The van der Waals surface area contributed by atoms with Crippen LogP contribution < -0.4 is 0 Å². The molecule has 0 aromatic rings. The van der Waals surface area contributed by atoms with E-state index in [0.717, 1.165) is 19.3 Å². The molecule has 0 aliphatic heterocycles. The van der Waals surface area contributed by atoms with Crippen molar-refractivity contribution in [3.63, 3.8) is 0 Å². The van der Waals surface area contributed by atoms with Crippen LogP contribution in [0.15, 0.2) is 0 Å². The smallest absolute Gasteiger partial charge is 0.171 e. The van der Waals surface area contributed by atoms with Crippen LogP contribution in [0.4, 0.5) is 13.2 Å². The monoisotopic (exact) mass is 196 g/mol. The summed E-state index contributed by atoms with van der Waals surface area (Å²) in [5, 5.41) is 0. The molecule has 3 heteroatoms. The van der Waals surface area contributed by atoms with Crippen molar-refractivity contribution in [1.82, 2.24) is 0 Å². The van der Waals surface area contributed by atoms with Gasteiger partial charge < -0.3 is 0 Å². The second-order valence-electron chi connectivity index (χ2n) is 3.74. The predicted molar refractivity (Wildman–Crippen MR) is 48.5 cm³/mol. The minimum absolute atomic E-state index is 0.238. The number of hydrogen-bond donors (Lipinski definition) is 0. The maximum atomic E-state index is 12.2. The van der Waals surface area contributed by atoms with Crippen molar-refractivity contribution in [2.45, 2.75) is 52.6 Å². The van der Waals surface area contributed by atoms with E-state index < -0.39 is 12.1 Å². The van der Waals surface area contributed by atoms with Crippen molar-refractivity contribution in [3.8, 4) is 0 Å². The summed E-state index contributed by atoms with van der Waals surface area (Å²) >= 11 is 0. The lowest BCUT2D eigenvalue weighted by Crippen LogP contribution is -2.22. The lowest BCUT2D eigenvalue weighted by Gasteiger charge is -2.21. The molecule has 0 aliphatic carbocycles. The highest BCUT2D eigenvalue weighted by atomic mass is 19.4. The van der Waals surface area contributed by atoms with E-state index in [1.807, 2.05) is 13.8 Å². The van der Waals surface area contributed by atoms with Gasteiger partial charge in [-0.05, 0) is 12.3 Å². The van der Waals surface area contributed by atoms with Crippen LogP contribution in [-0.2, 0) is 0 Å². The molecule has 0 heterocycles. The third-order valence-corrected chi connectivity index (χ3v) is 2.52. The molecular formula is C10H19F3. The van der Waals surface area contributed by atoms with Gasteiger partial charge in [-0.2, -0.15) is 13.2 Å². The Morgan fingerprint density at radius 3 is 2.00 bits per heavy atom. The topological polar surface area (TPSA) is 0 Å². The molecule has 0 saturated heterocycles. The van der Waals surface area contributed by atoms with Gasteiger partial charge in [0.1, 0.15) is 0 Å². The van der Waals surface area contributed by atoms with E-state index in [1.165, 1.54) is 6.92 Å². The van der Waals surface area contributed by atoms with Crippen molar-refractivity contribution >= 4 is 0 Å². The van der Waals surface area contributed by atoms with Crippen LogP contribution in [0.2, 0.25) is 0 Å². The lowest BCUT2D eigenvalue weighted by molar-refractivity contribution is -0.174. The molecular weight excluding hydrogens is 177 g/mol. The van der Waals surface area contributed by atoms with E-state index in [-0.39, 0.29) is 12.3 Å². The zero-order chi connectivity index (χ0) is 10.5. The van der Waals surface area contributed by atoms with Gasteiger partial charge in [-0.25, -0.2) is 0 Å². The Kier molecular flexibility index (Phi) is 5.42. The minimum atomic E-state index is -4.01. The third kappa shape index (κ3) is 5.17. The highest BCUT2D eigenvalue weighted by molar-refractivity contribution is 4.67. The molecule has 0 fully saturated rings. The highest BCUT2D eigenvalue weighted by Crippen LogP contribution is 2.32. The number of hydrogen-bond acceptors (Lipinski definition) is 0. The molecule has 0 saturated carbocycles. The molecule has 0 nitrogen and oxygen atoms in total. The molecule has 0 radical (unpaired) electrons. The van der Waals surface area contributed by atoms with Crippen molar-refractivity contribution in [2.24, 2.45) is 11.8 Å². The fraction of sp³-hybridized carbons (Fsp3) is 1.00. The fourth-order valence-corrected chi connectivity index (χ4v) is 1.53. The summed E-state index contributed by atoms with van der Waals surface area (Å²) in [6.45, 7) is 5.25. The normalized spacial score (nSPS) is 17.1. The SMILES string of the molecule is CCCC(CC)C[C@@H](C)C(F)(F)F. The van der Waals surface area contributed by atoms with E-state index in [1.54, 1.807) is 0 Å². The van der Waals surface area contributed by atoms with Gasteiger partial charge in [-0.3, -0.25) is 0 Å². The summed E-state index contributed by atoms with van der Waals surface area (Å²) in [5.74, 6) is -0.911. The van der Waals surface area contributed by atoms with Crippen LogP contribution in [-0.4, -0.2) is 6.18 Å². The Morgan fingerprint density at radius 2 is 1.69 bits per heavy atom. The molecule has 0 rings (SSSR count). The highest BCUT2D eigenvalue weighted by Gasteiger charge is 2.36. The quantitative estimate of drug-likeness (QED) is 0.611. The van der Waals surface area contributed by atoms with Gasteiger partial charge >= 0.3 is 6.18 Å². The first-order chi connectivity index (χ1) is 5.91. The maximum absolute atomic E-state index is 12.2. The molecule has 0 spiro atoms. The Hall–Kier alpha value is -0.210. The second-order valence-corrected chi connectivity index (χ2v) is 3.74. The molecule has 80 valence electrons. The van der Waals surface area contributed by atoms with Gasteiger partial charge in [0.2, 0.25) is 0 Å². The van der Waals surface area contributed by atoms with Crippen LogP contribution >= 0.6 is 0 Å². The summed E-state index contributed by atoms with van der Waals surface area (Å²) in [5.41, 5.74) is 0. The number of alkyl halides is 3. The van der Waals surface area contributed by atoms with Crippen LogP contribution in [0.3, 0.4) is 0 Å². The summed E-state index contributed by atoms with van der Waals surface area (Å²) in [6, 6.07) is 0. The molecule has 0 aromatic heterocycles. The molecule has 2 atom stereocenters. The van der Waals surface area contributed by atoms with E-state index in [4.69, 9.17) is 0 Å². The molecule has 0 amide bonds. The molecule has 0 aromatic carbocycles. The largest absolute Gasteiger partial charge is 0.391 e. The first-order valence-corrected chi connectivity index (χ1v) is 4.98. The molecule has 1 unspecified atom stereocenters. The number of halogens is 3. The van der Waals surface area contributed by atoms with E-state index >= 15 is 0 Å². The lowest BCUT2D eigenvalue weighted by atomic mass is 9.90. The van der Waals surface area contributed by atoms with Crippen LogP contribution in [0.25, 0.3) is 0 Å². The van der Waals surface area contributed by atoms with Gasteiger partial charge in [0.15, 0.2) is 0 Å². The molecule has 13 heavy (non-hydrogen) atoms. The Morgan fingerprint density at radius 1 is 1.15 bits per heavy atom. The van der Waals surface area contributed by atoms with Crippen molar-refractivity contribution in [1.29, 1.82) is 0 Å². The van der Waals surface area contributed by atoms with Gasteiger partial charge in [-0.15, -0.1) is 0 Å². The van der Waals surface area contributed by atoms with Crippen LogP contribution in [0, 0.1) is 11.8 Å². The zero-order valence-corrected chi connectivity index (χ0v) is 8.62.